The second-order valence-corrected chi connectivity index (χ2v) is 7.66. The van der Waals surface area contributed by atoms with Gasteiger partial charge in [-0.15, -0.1) is 11.8 Å². The van der Waals surface area contributed by atoms with E-state index in [4.69, 9.17) is 0 Å². The number of urea groups is 1. The molecule has 0 spiro atoms. The summed E-state index contributed by atoms with van der Waals surface area (Å²) in [6.45, 7) is 0.555. The first kappa shape index (κ1) is 20.7. The van der Waals surface area contributed by atoms with E-state index >= 15 is 0 Å². The van der Waals surface area contributed by atoms with Crippen LogP contribution in [0, 0.1) is 5.82 Å². The average molecular weight is 411 g/mol. The Balaban J connectivity index is 1.44. The molecule has 29 heavy (non-hydrogen) atoms. The molecular weight excluding hydrogens is 387 g/mol. The zero-order valence-electron chi connectivity index (χ0n) is 15.9. The van der Waals surface area contributed by atoms with Gasteiger partial charge in [-0.1, -0.05) is 36.4 Å². The number of phenolic OH excluding ortho intramolecular Hbond substituents is 1. The minimum absolute atomic E-state index is 0.0229. The number of rotatable bonds is 8. The summed E-state index contributed by atoms with van der Waals surface area (Å²) >= 11 is 1.80. The molecule has 3 aromatic carbocycles. The van der Waals surface area contributed by atoms with Crippen molar-refractivity contribution in [2.75, 3.05) is 17.6 Å². The highest BCUT2D eigenvalue weighted by Gasteiger charge is 2.08. The maximum Gasteiger partial charge on any atom is 0.319 e. The van der Waals surface area contributed by atoms with Crippen LogP contribution in [0.1, 0.15) is 12.8 Å². The number of amides is 2. The van der Waals surface area contributed by atoms with Crippen LogP contribution in [0.15, 0.2) is 77.7 Å². The number of benzene rings is 3. The summed E-state index contributed by atoms with van der Waals surface area (Å²) in [6.07, 6.45) is 1.86. The fraction of sp³-hybridized carbons (Fsp3) is 0.174. The van der Waals surface area contributed by atoms with Crippen LogP contribution in [0.2, 0.25) is 0 Å². The molecule has 0 atom stereocenters. The van der Waals surface area contributed by atoms with Gasteiger partial charge in [0.15, 0.2) is 0 Å². The van der Waals surface area contributed by atoms with E-state index in [1.807, 2.05) is 18.2 Å². The summed E-state index contributed by atoms with van der Waals surface area (Å²) in [5.41, 5.74) is 1.88. The maximum absolute atomic E-state index is 13.1. The Morgan fingerprint density at radius 3 is 2.41 bits per heavy atom. The molecule has 0 aliphatic heterocycles. The minimum Gasteiger partial charge on any atom is -0.506 e. The van der Waals surface area contributed by atoms with Gasteiger partial charge in [-0.2, -0.15) is 0 Å². The van der Waals surface area contributed by atoms with E-state index in [0.717, 1.165) is 29.7 Å². The molecule has 6 heteroatoms. The van der Waals surface area contributed by atoms with Gasteiger partial charge in [0.1, 0.15) is 11.6 Å². The molecule has 0 fully saturated rings. The first-order valence-electron chi connectivity index (χ1n) is 9.43. The third-order valence-corrected chi connectivity index (χ3v) is 5.39. The van der Waals surface area contributed by atoms with Crippen molar-refractivity contribution in [2.24, 2.45) is 0 Å². The predicted octanol–water partition coefficient (Wildman–Crippen LogP) is 5.89. The van der Waals surface area contributed by atoms with Crippen molar-refractivity contribution in [1.82, 2.24) is 5.32 Å². The van der Waals surface area contributed by atoms with Gasteiger partial charge in [-0.25, -0.2) is 9.18 Å². The Bertz CT molecular complexity index is 933. The van der Waals surface area contributed by atoms with Crippen molar-refractivity contribution < 1.29 is 14.3 Å². The quantitative estimate of drug-likeness (QED) is 0.246. The first-order chi connectivity index (χ1) is 14.1. The van der Waals surface area contributed by atoms with Gasteiger partial charge in [0.05, 0.1) is 5.69 Å². The molecule has 0 saturated heterocycles. The third kappa shape index (κ3) is 6.54. The Labute approximate surface area is 174 Å². The van der Waals surface area contributed by atoms with E-state index in [0.29, 0.717) is 12.2 Å². The molecule has 0 unspecified atom stereocenters. The van der Waals surface area contributed by atoms with Gasteiger partial charge in [-0.3, -0.25) is 0 Å². The lowest BCUT2D eigenvalue weighted by molar-refractivity contribution is 0.252. The van der Waals surface area contributed by atoms with Crippen LogP contribution >= 0.6 is 11.8 Å². The van der Waals surface area contributed by atoms with E-state index in [2.05, 4.69) is 22.8 Å². The van der Waals surface area contributed by atoms with Crippen LogP contribution < -0.4 is 10.6 Å². The standard InChI is InChI=1S/C23H23FN2O2S/c24-19-11-8-17(9-12-19)18-10-13-22(27)21(16-18)26-23(28)25-14-4-5-15-29-20-6-2-1-3-7-20/h1-3,6-13,16,27H,4-5,14-15H2,(H2,25,26,28). The zero-order chi connectivity index (χ0) is 20.5. The van der Waals surface area contributed by atoms with Crippen LogP contribution in [0.25, 0.3) is 11.1 Å². The van der Waals surface area contributed by atoms with Crippen LogP contribution in [0.4, 0.5) is 14.9 Å². The molecule has 150 valence electrons. The Morgan fingerprint density at radius 2 is 1.66 bits per heavy atom. The fourth-order valence-corrected chi connectivity index (χ4v) is 3.69. The average Bonchev–Trinajstić information content (AvgIpc) is 2.73. The number of aromatic hydroxyl groups is 1. The Morgan fingerprint density at radius 1 is 0.931 bits per heavy atom. The number of hydrogen-bond acceptors (Lipinski definition) is 3. The number of thioether (sulfide) groups is 1. The molecular formula is C23H23FN2O2S. The van der Waals surface area contributed by atoms with E-state index in [-0.39, 0.29) is 17.6 Å². The van der Waals surface area contributed by atoms with Gasteiger partial charge in [0.25, 0.3) is 0 Å². The van der Waals surface area contributed by atoms with E-state index in [1.165, 1.54) is 23.1 Å². The molecule has 4 nitrogen and oxygen atoms in total. The summed E-state index contributed by atoms with van der Waals surface area (Å²) in [6, 6.07) is 20.8. The number of anilines is 1. The molecule has 0 aliphatic rings. The molecule has 3 rings (SSSR count). The summed E-state index contributed by atoms with van der Waals surface area (Å²) < 4.78 is 13.1. The number of carbonyl (C=O) groups excluding carboxylic acids is 1. The Kier molecular flexibility index (Phi) is 7.53. The van der Waals surface area contributed by atoms with Crippen LogP contribution in [0.5, 0.6) is 5.75 Å². The van der Waals surface area contributed by atoms with Crippen LogP contribution in [0.3, 0.4) is 0 Å². The van der Waals surface area contributed by atoms with Crippen molar-refractivity contribution in [1.29, 1.82) is 0 Å². The summed E-state index contributed by atoms with van der Waals surface area (Å²) in [4.78, 5) is 13.4. The highest BCUT2D eigenvalue weighted by Crippen LogP contribution is 2.30. The molecule has 3 aromatic rings. The van der Waals surface area contributed by atoms with Gasteiger partial charge < -0.3 is 15.7 Å². The highest BCUT2D eigenvalue weighted by atomic mass is 32.2. The van der Waals surface area contributed by atoms with Crippen molar-refractivity contribution in [3.63, 3.8) is 0 Å². The van der Waals surface area contributed by atoms with Crippen LogP contribution in [-0.2, 0) is 0 Å². The third-order valence-electron chi connectivity index (χ3n) is 4.29. The molecule has 0 radical (unpaired) electrons. The minimum atomic E-state index is -0.368. The highest BCUT2D eigenvalue weighted by molar-refractivity contribution is 7.99. The lowest BCUT2D eigenvalue weighted by atomic mass is 10.0. The zero-order valence-corrected chi connectivity index (χ0v) is 16.7. The number of hydrogen-bond donors (Lipinski definition) is 3. The monoisotopic (exact) mass is 410 g/mol. The van der Waals surface area contributed by atoms with Gasteiger partial charge >= 0.3 is 6.03 Å². The second-order valence-electron chi connectivity index (χ2n) is 6.49. The van der Waals surface area contributed by atoms with E-state index in [1.54, 1.807) is 36.0 Å². The first-order valence-corrected chi connectivity index (χ1v) is 10.4. The Hall–Kier alpha value is -2.99. The number of phenols is 1. The summed E-state index contributed by atoms with van der Waals surface area (Å²) in [5.74, 6) is 0.658. The van der Waals surface area contributed by atoms with Crippen molar-refractivity contribution in [3.05, 3.63) is 78.6 Å². The number of halogens is 1. The molecule has 0 heterocycles. The topological polar surface area (TPSA) is 61.4 Å². The predicted molar refractivity (Wildman–Crippen MR) is 117 cm³/mol. The number of nitrogens with one attached hydrogen (secondary N) is 2. The lowest BCUT2D eigenvalue weighted by Crippen LogP contribution is -2.29. The molecule has 2 amide bonds. The molecule has 0 aromatic heterocycles. The van der Waals surface area contributed by atoms with E-state index < -0.39 is 0 Å². The molecule has 3 N–H and O–H groups in total. The van der Waals surface area contributed by atoms with Gasteiger partial charge in [-0.05, 0) is 66.1 Å². The number of unbranched alkanes of at least 4 members (excludes halogenated alkanes) is 1. The largest absolute Gasteiger partial charge is 0.506 e. The summed E-state index contributed by atoms with van der Waals surface area (Å²) in [5, 5.41) is 15.5. The normalized spacial score (nSPS) is 10.5. The molecule has 0 aliphatic carbocycles. The number of carbonyl (C=O) groups is 1. The van der Waals surface area contributed by atoms with Gasteiger partial charge in [0, 0.05) is 11.4 Å². The van der Waals surface area contributed by atoms with E-state index in [9.17, 15) is 14.3 Å². The summed E-state index contributed by atoms with van der Waals surface area (Å²) in [7, 11) is 0. The molecule has 0 saturated carbocycles. The smallest absolute Gasteiger partial charge is 0.319 e. The van der Waals surface area contributed by atoms with Crippen molar-refractivity contribution in [2.45, 2.75) is 17.7 Å². The van der Waals surface area contributed by atoms with Crippen molar-refractivity contribution in [3.8, 4) is 16.9 Å². The lowest BCUT2D eigenvalue weighted by Gasteiger charge is -2.11. The second kappa shape index (κ2) is 10.5. The maximum atomic E-state index is 13.1. The van der Waals surface area contributed by atoms with Crippen molar-refractivity contribution >= 4 is 23.5 Å². The van der Waals surface area contributed by atoms with Gasteiger partial charge in [0.2, 0.25) is 0 Å². The SMILES string of the molecule is O=C(NCCCCSc1ccccc1)Nc1cc(-c2ccc(F)cc2)ccc1O. The molecule has 0 bridgehead atoms. The van der Waals surface area contributed by atoms with Crippen LogP contribution in [-0.4, -0.2) is 23.4 Å². The fourth-order valence-electron chi connectivity index (χ4n) is 2.76.